The molecule has 0 spiro atoms. The smallest absolute Gasteiger partial charge is 0.0230 e. The van der Waals surface area contributed by atoms with Gasteiger partial charge in [-0.3, -0.25) is 0 Å². The standard InChI is InChI=1S/C19H21N/c1-14-17-9-5-4-7-15(17)11-12-18(14)19-10-6-8-16(19)13-20(2)3/h4-9,11-12H,10,13H2,1-3H3. The van der Waals surface area contributed by atoms with Crippen LogP contribution in [0.1, 0.15) is 17.5 Å². The predicted octanol–water partition coefficient (Wildman–Crippen LogP) is 4.42. The van der Waals surface area contributed by atoms with Crippen molar-refractivity contribution in [2.75, 3.05) is 20.6 Å². The largest absolute Gasteiger partial charge is 0.305 e. The number of hydrogen-bond acceptors (Lipinski definition) is 1. The third-order valence-electron chi connectivity index (χ3n) is 4.04. The minimum absolute atomic E-state index is 1.01. The van der Waals surface area contributed by atoms with Crippen molar-refractivity contribution in [1.29, 1.82) is 0 Å². The first-order valence-corrected chi connectivity index (χ1v) is 7.19. The molecule has 0 aliphatic heterocycles. The van der Waals surface area contributed by atoms with Crippen LogP contribution >= 0.6 is 0 Å². The SMILES string of the molecule is Cc1c(C2=C(CN(C)C)C=CC2)ccc2ccccc12. The number of rotatable bonds is 3. The molecule has 3 rings (SSSR count). The zero-order valence-corrected chi connectivity index (χ0v) is 12.5. The molecule has 1 aliphatic carbocycles. The molecule has 2 aromatic carbocycles. The maximum Gasteiger partial charge on any atom is 0.0230 e. The van der Waals surface area contributed by atoms with Crippen LogP contribution in [-0.2, 0) is 0 Å². The Hall–Kier alpha value is -1.86. The molecule has 0 radical (unpaired) electrons. The van der Waals surface area contributed by atoms with Crippen LogP contribution in [0.3, 0.4) is 0 Å². The van der Waals surface area contributed by atoms with E-state index in [1.54, 1.807) is 0 Å². The lowest BCUT2D eigenvalue weighted by Gasteiger charge is -2.15. The third kappa shape index (κ3) is 2.30. The molecule has 0 heterocycles. The number of benzene rings is 2. The highest BCUT2D eigenvalue weighted by Crippen LogP contribution is 2.34. The van der Waals surface area contributed by atoms with E-state index in [9.17, 15) is 0 Å². The van der Waals surface area contributed by atoms with Gasteiger partial charge in [-0.2, -0.15) is 0 Å². The highest BCUT2D eigenvalue weighted by Gasteiger charge is 2.14. The fourth-order valence-electron chi connectivity index (χ4n) is 3.08. The van der Waals surface area contributed by atoms with Crippen molar-refractivity contribution in [3.05, 3.63) is 65.3 Å². The van der Waals surface area contributed by atoms with E-state index in [0.717, 1.165) is 13.0 Å². The molecule has 2 aromatic rings. The van der Waals surface area contributed by atoms with Gasteiger partial charge in [-0.15, -0.1) is 0 Å². The summed E-state index contributed by atoms with van der Waals surface area (Å²) in [6, 6.07) is 13.2. The second-order valence-corrected chi connectivity index (χ2v) is 5.81. The summed E-state index contributed by atoms with van der Waals surface area (Å²) in [6.07, 6.45) is 5.62. The van der Waals surface area contributed by atoms with Crippen LogP contribution in [0.4, 0.5) is 0 Å². The minimum Gasteiger partial charge on any atom is -0.305 e. The Labute approximate surface area is 121 Å². The minimum atomic E-state index is 1.01. The summed E-state index contributed by atoms with van der Waals surface area (Å²) in [5, 5.41) is 2.70. The van der Waals surface area contributed by atoms with Gasteiger partial charge in [0, 0.05) is 6.54 Å². The van der Waals surface area contributed by atoms with Crippen LogP contribution < -0.4 is 0 Å². The molecule has 1 nitrogen and oxygen atoms in total. The van der Waals surface area contributed by atoms with Gasteiger partial charge in [0.1, 0.15) is 0 Å². The van der Waals surface area contributed by atoms with Crippen LogP contribution in [0.15, 0.2) is 54.1 Å². The average Bonchev–Trinajstić information content (AvgIpc) is 2.87. The second-order valence-electron chi connectivity index (χ2n) is 5.81. The molecule has 0 unspecified atom stereocenters. The van der Waals surface area contributed by atoms with E-state index in [0.29, 0.717) is 0 Å². The van der Waals surface area contributed by atoms with Gasteiger partial charge in [0.05, 0.1) is 0 Å². The van der Waals surface area contributed by atoms with E-state index < -0.39 is 0 Å². The molecule has 1 aliphatic rings. The molecular formula is C19H21N. The van der Waals surface area contributed by atoms with Crippen LogP contribution in [0.5, 0.6) is 0 Å². The zero-order chi connectivity index (χ0) is 14.1. The third-order valence-corrected chi connectivity index (χ3v) is 4.04. The van der Waals surface area contributed by atoms with Crippen molar-refractivity contribution in [2.45, 2.75) is 13.3 Å². The summed E-state index contributed by atoms with van der Waals surface area (Å²) < 4.78 is 0. The van der Waals surface area contributed by atoms with E-state index in [-0.39, 0.29) is 0 Å². The van der Waals surface area contributed by atoms with Gasteiger partial charge in [-0.05, 0) is 60.5 Å². The van der Waals surface area contributed by atoms with Crippen molar-refractivity contribution in [3.63, 3.8) is 0 Å². The van der Waals surface area contributed by atoms with E-state index in [4.69, 9.17) is 0 Å². The Morgan fingerprint density at radius 1 is 1.05 bits per heavy atom. The lowest BCUT2D eigenvalue weighted by atomic mass is 9.92. The van der Waals surface area contributed by atoms with Gasteiger partial charge < -0.3 is 4.90 Å². The molecule has 0 N–H and O–H groups in total. The van der Waals surface area contributed by atoms with Gasteiger partial charge in [0.15, 0.2) is 0 Å². The number of hydrogen-bond donors (Lipinski definition) is 0. The van der Waals surface area contributed by atoms with Gasteiger partial charge >= 0.3 is 0 Å². The molecule has 0 saturated carbocycles. The highest BCUT2D eigenvalue weighted by atomic mass is 15.0. The van der Waals surface area contributed by atoms with Crippen molar-refractivity contribution < 1.29 is 0 Å². The van der Waals surface area contributed by atoms with Gasteiger partial charge in [0.25, 0.3) is 0 Å². The Balaban J connectivity index is 2.13. The number of likely N-dealkylation sites (N-methyl/N-ethyl adjacent to an activating group) is 1. The van der Waals surface area contributed by atoms with Crippen molar-refractivity contribution in [3.8, 4) is 0 Å². The normalized spacial score (nSPS) is 14.8. The van der Waals surface area contributed by atoms with Crippen molar-refractivity contribution >= 4 is 16.3 Å². The van der Waals surface area contributed by atoms with Crippen LogP contribution in [-0.4, -0.2) is 25.5 Å². The highest BCUT2D eigenvalue weighted by molar-refractivity contribution is 5.91. The molecule has 0 aromatic heterocycles. The molecule has 0 fully saturated rings. The molecule has 0 bridgehead atoms. The number of aryl methyl sites for hydroxylation is 1. The number of fused-ring (bicyclic) bond motifs is 1. The summed E-state index contributed by atoms with van der Waals surface area (Å²) in [5.74, 6) is 0. The first-order chi connectivity index (χ1) is 9.66. The van der Waals surface area contributed by atoms with Crippen molar-refractivity contribution in [1.82, 2.24) is 4.90 Å². The average molecular weight is 263 g/mol. The molecular weight excluding hydrogens is 242 g/mol. The summed E-state index contributed by atoms with van der Waals surface area (Å²) in [4.78, 5) is 2.24. The van der Waals surface area contributed by atoms with Gasteiger partial charge in [0.2, 0.25) is 0 Å². The lowest BCUT2D eigenvalue weighted by Crippen LogP contribution is -2.14. The Morgan fingerprint density at radius 2 is 1.85 bits per heavy atom. The fraction of sp³-hybridized carbons (Fsp3) is 0.263. The molecule has 102 valence electrons. The molecule has 0 amide bonds. The topological polar surface area (TPSA) is 3.24 Å². The lowest BCUT2D eigenvalue weighted by molar-refractivity contribution is 0.450. The molecule has 20 heavy (non-hydrogen) atoms. The van der Waals surface area contributed by atoms with Gasteiger partial charge in [-0.25, -0.2) is 0 Å². The molecule has 1 heteroatoms. The maximum atomic E-state index is 2.29. The second kappa shape index (κ2) is 5.26. The summed E-state index contributed by atoms with van der Waals surface area (Å²) in [5.41, 5.74) is 5.75. The summed E-state index contributed by atoms with van der Waals surface area (Å²) in [7, 11) is 4.26. The molecule has 0 saturated heterocycles. The van der Waals surface area contributed by atoms with Crippen LogP contribution in [0.2, 0.25) is 0 Å². The van der Waals surface area contributed by atoms with E-state index in [2.05, 4.69) is 74.5 Å². The van der Waals surface area contributed by atoms with E-state index >= 15 is 0 Å². The first kappa shape index (κ1) is 13.1. The van der Waals surface area contributed by atoms with Gasteiger partial charge in [-0.1, -0.05) is 48.6 Å². The Bertz CT molecular complexity index is 705. The monoisotopic (exact) mass is 263 g/mol. The van der Waals surface area contributed by atoms with Crippen LogP contribution in [0, 0.1) is 6.92 Å². The van der Waals surface area contributed by atoms with Crippen LogP contribution in [0.25, 0.3) is 16.3 Å². The zero-order valence-electron chi connectivity index (χ0n) is 12.5. The summed E-state index contributed by atoms with van der Waals surface area (Å²) in [6.45, 7) is 3.26. The molecule has 0 atom stereocenters. The van der Waals surface area contributed by atoms with E-state index in [1.165, 1.54) is 33.0 Å². The predicted molar refractivity (Wildman–Crippen MR) is 87.9 cm³/mol. The Morgan fingerprint density at radius 3 is 2.65 bits per heavy atom. The Kier molecular flexibility index (Phi) is 3.45. The quantitative estimate of drug-likeness (QED) is 0.792. The number of nitrogens with zero attached hydrogens (tertiary/aromatic N) is 1. The number of allylic oxidation sites excluding steroid dienone is 2. The fourth-order valence-corrected chi connectivity index (χ4v) is 3.08. The van der Waals surface area contributed by atoms with Crippen molar-refractivity contribution in [2.24, 2.45) is 0 Å². The summed E-state index contributed by atoms with van der Waals surface area (Å²) >= 11 is 0. The van der Waals surface area contributed by atoms with E-state index in [1.807, 2.05) is 0 Å². The first-order valence-electron chi connectivity index (χ1n) is 7.19. The maximum absolute atomic E-state index is 2.29.